The fourth-order valence-electron chi connectivity index (χ4n) is 1.35. The first-order valence-electron chi connectivity index (χ1n) is 5.63. The number of carbonyl (C=O) groups excluding carboxylic acids is 2. The van der Waals surface area contributed by atoms with Crippen LogP contribution in [0, 0.1) is 6.92 Å². The minimum absolute atomic E-state index is 0.281. The fraction of sp³-hybridized carbons (Fsp3) is 0.385. The standard InChI is InChI=1S/C13H17NO4/c1-10-5-3-4-6-11(10)13(16)18-9-12(15)14-7-8-17-2/h3-6H,7-9H2,1-2H3,(H,14,15). The molecule has 0 atom stereocenters. The van der Waals surface area contributed by atoms with E-state index < -0.39 is 5.97 Å². The molecule has 18 heavy (non-hydrogen) atoms. The molecule has 0 spiro atoms. The van der Waals surface area contributed by atoms with Crippen molar-refractivity contribution in [3.05, 3.63) is 35.4 Å². The van der Waals surface area contributed by atoms with Crippen molar-refractivity contribution in [3.63, 3.8) is 0 Å². The first-order chi connectivity index (χ1) is 8.65. The Balaban J connectivity index is 2.38. The molecule has 0 aliphatic heterocycles. The van der Waals surface area contributed by atoms with E-state index in [1.54, 1.807) is 19.2 Å². The molecule has 0 heterocycles. The Morgan fingerprint density at radius 2 is 2.00 bits per heavy atom. The van der Waals surface area contributed by atoms with E-state index in [4.69, 9.17) is 9.47 Å². The lowest BCUT2D eigenvalue weighted by atomic mass is 10.1. The van der Waals surface area contributed by atoms with Gasteiger partial charge in [0, 0.05) is 13.7 Å². The van der Waals surface area contributed by atoms with Gasteiger partial charge in [0.15, 0.2) is 6.61 Å². The lowest BCUT2D eigenvalue weighted by Crippen LogP contribution is -2.31. The first-order valence-corrected chi connectivity index (χ1v) is 5.63. The van der Waals surface area contributed by atoms with Crippen LogP contribution in [0.1, 0.15) is 15.9 Å². The number of methoxy groups -OCH3 is 1. The Kier molecular flexibility index (Phi) is 5.87. The molecule has 5 heteroatoms. The van der Waals surface area contributed by atoms with Gasteiger partial charge in [0.05, 0.1) is 12.2 Å². The molecule has 0 aromatic heterocycles. The van der Waals surface area contributed by atoms with Crippen LogP contribution in [0.3, 0.4) is 0 Å². The summed E-state index contributed by atoms with van der Waals surface area (Å²) in [6, 6.07) is 7.07. The number of benzene rings is 1. The SMILES string of the molecule is COCCNC(=O)COC(=O)c1ccccc1C. The van der Waals surface area contributed by atoms with E-state index in [2.05, 4.69) is 5.32 Å². The van der Waals surface area contributed by atoms with Gasteiger partial charge in [-0.2, -0.15) is 0 Å². The third kappa shape index (κ3) is 4.55. The van der Waals surface area contributed by atoms with Gasteiger partial charge in [0.25, 0.3) is 5.91 Å². The van der Waals surface area contributed by atoms with Gasteiger partial charge in [-0.1, -0.05) is 18.2 Å². The van der Waals surface area contributed by atoms with Crippen LogP contribution in [0.4, 0.5) is 0 Å². The van der Waals surface area contributed by atoms with Crippen LogP contribution in [-0.2, 0) is 14.3 Å². The second-order valence-corrected chi connectivity index (χ2v) is 3.73. The predicted octanol–water partition coefficient (Wildman–Crippen LogP) is 0.914. The van der Waals surface area contributed by atoms with Gasteiger partial charge in [-0.05, 0) is 18.6 Å². The summed E-state index contributed by atoms with van der Waals surface area (Å²) in [6.07, 6.45) is 0. The van der Waals surface area contributed by atoms with Gasteiger partial charge in [-0.15, -0.1) is 0 Å². The number of amides is 1. The van der Waals surface area contributed by atoms with E-state index in [0.717, 1.165) is 5.56 Å². The highest BCUT2D eigenvalue weighted by atomic mass is 16.5. The molecule has 0 saturated carbocycles. The summed E-state index contributed by atoms with van der Waals surface area (Å²) in [5, 5.41) is 2.56. The van der Waals surface area contributed by atoms with Crippen molar-refractivity contribution >= 4 is 11.9 Å². The second kappa shape index (κ2) is 7.45. The van der Waals surface area contributed by atoms with Crippen LogP contribution in [-0.4, -0.2) is 38.7 Å². The summed E-state index contributed by atoms with van der Waals surface area (Å²) in [4.78, 5) is 23.0. The van der Waals surface area contributed by atoms with Crippen molar-refractivity contribution in [1.82, 2.24) is 5.32 Å². The molecule has 0 saturated heterocycles. The van der Waals surface area contributed by atoms with Gasteiger partial charge in [-0.25, -0.2) is 4.79 Å². The van der Waals surface area contributed by atoms with Crippen LogP contribution in [0.2, 0.25) is 0 Å². The number of hydrogen-bond donors (Lipinski definition) is 1. The average molecular weight is 251 g/mol. The summed E-state index contributed by atoms with van der Waals surface area (Å²) in [6.45, 7) is 2.36. The number of carbonyl (C=O) groups is 2. The fourth-order valence-corrected chi connectivity index (χ4v) is 1.35. The normalized spacial score (nSPS) is 9.89. The van der Waals surface area contributed by atoms with Gasteiger partial charge < -0.3 is 14.8 Å². The summed E-state index contributed by atoms with van der Waals surface area (Å²) >= 11 is 0. The van der Waals surface area contributed by atoms with Gasteiger partial charge in [0.1, 0.15) is 0 Å². The number of aryl methyl sites for hydroxylation is 1. The van der Waals surface area contributed by atoms with Crippen molar-refractivity contribution in [2.75, 3.05) is 26.9 Å². The molecule has 0 bridgehead atoms. The number of esters is 1. The summed E-state index contributed by atoms with van der Waals surface area (Å²) < 4.78 is 9.69. The summed E-state index contributed by atoms with van der Waals surface area (Å²) in [5.74, 6) is -0.830. The van der Waals surface area contributed by atoms with Crippen LogP contribution in [0.15, 0.2) is 24.3 Å². The molecule has 1 aromatic carbocycles. The topological polar surface area (TPSA) is 64.6 Å². The first kappa shape index (κ1) is 14.2. The molecule has 0 unspecified atom stereocenters. The van der Waals surface area contributed by atoms with Crippen LogP contribution >= 0.6 is 0 Å². The average Bonchev–Trinajstić information content (AvgIpc) is 2.37. The van der Waals surface area contributed by atoms with Gasteiger partial charge >= 0.3 is 5.97 Å². The van der Waals surface area contributed by atoms with E-state index >= 15 is 0 Å². The number of rotatable bonds is 6. The monoisotopic (exact) mass is 251 g/mol. The lowest BCUT2D eigenvalue weighted by Gasteiger charge is -2.07. The van der Waals surface area contributed by atoms with Crippen LogP contribution in [0.25, 0.3) is 0 Å². The van der Waals surface area contributed by atoms with E-state index in [1.807, 2.05) is 19.1 Å². The maximum atomic E-state index is 11.7. The Morgan fingerprint density at radius 1 is 1.28 bits per heavy atom. The van der Waals surface area contributed by atoms with E-state index in [1.165, 1.54) is 0 Å². The number of ether oxygens (including phenoxy) is 2. The molecule has 5 nitrogen and oxygen atoms in total. The van der Waals surface area contributed by atoms with E-state index in [0.29, 0.717) is 18.7 Å². The third-order valence-electron chi connectivity index (χ3n) is 2.33. The van der Waals surface area contributed by atoms with Gasteiger partial charge in [0.2, 0.25) is 0 Å². The molecule has 0 aliphatic rings. The number of hydrogen-bond acceptors (Lipinski definition) is 4. The molecule has 98 valence electrons. The van der Waals surface area contributed by atoms with Crippen molar-refractivity contribution in [2.24, 2.45) is 0 Å². The molecule has 0 fully saturated rings. The largest absolute Gasteiger partial charge is 0.452 e. The molecule has 1 amide bonds. The quantitative estimate of drug-likeness (QED) is 0.603. The molecule has 1 N–H and O–H groups in total. The third-order valence-corrected chi connectivity index (χ3v) is 2.33. The van der Waals surface area contributed by atoms with Crippen molar-refractivity contribution in [1.29, 1.82) is 0 Å². The lowest BCUT2D eigenvalue weighted by molar-refractivity contribution is -0.124. The highest BCUT2D eigenvalue weighted by Gasteiger charge is 2.11. The Hall–Kier alpha value is -1.88. The smallest absolute Gasteiger partial charge is 0.338 e. The van der Waals surface area contributed by atoms with Crippen molar-refractivity contribution in [2.45, 2.75) is 6.92 Å². The molecular formula is C13H17NO4. The minimum atomic E-state index is -0.491. The Labute approximate surface area is 106 Å². The Morgan fingerprint density at radius 3 is 2.67 bits per heavy atom. The zero-order chi connectivity index (χ0) is 13.4. The maximum absolute atomic E-state index is 11.7. The van der Waals surface area contributed by atoms with Crippen molar-refractivity contribution in [3.8, 4) is 0 Å². The zero-order valence-electron chi connectivity index (χ0n) is 10.6. The highest BCUT2D eigenvalue weighted by molar-refractivity contribution is 5.92. The van der Waals surface area contributed by atoms with Crippen LogP contribution < -0.4 is 5.32 Å². The van der Waals surface area contributed by atoms with Crippen molar-refractivity contribution < 1.29 is 19.1 Å². The molecular weight excluding hydrogens is 234 g/mol. The summed E-state index contributed by atoms with van der Waals surface area (Å²) in [7, 11) is 1.55. The minimum Gasteiger partial charge on any atom is -0.452 e. The predicted molar refractivity (Wildman–Crippen MR) is 66.3 cm³/mol. The molecule has 0 radical (unpaired) electrons. The van der Waals surface area contributed by atoms with E-state index in [-0.39, 0.29) is 12.5 Å². The second-order valence-electron chi connectivity index (χ2n) is 3.73. The molecule has 1 rings (SSSR count). The van der Waals surface area contributed by atoms with E-state index in [9.17, 15) is 9.59 Å². The summed E-state index contributed by atoms with van der Waals surface area (Å²) in [5.41, 5.74) is 1.30. The molecule has 1 aromatic rings. The van der Waals surface area contributed by atoms with Crippen LogP contribution in [0.5, 0.6) is 0 Å². The number of nitrogens with one attached hydrogen (secondary N) is 1. The zero-order valence-corrected chi connectivity index (χ0v) is 10.6. The maximum Gasteiger partial charge on any atom is 0.338 e. The highest BCUT2D eigenvalue weighted by Crippen LogP contribution is 2.08. The molecule has 0 aliphatic carbocycles. The van der Waals surface area contributed by atoms with Gasteiger partial charge in [-0.3, -0.25) is 4.79 Å². The Bertz CT molecular complexity index is 417.